The summed E-state index contributed by atoms with van der Waals surface area (Å²) in [5, 5.41) is 0. The lowest BCUT2D eigenvalue weighted by Gasteiger charge is -2.23. The molecular weight excluding hydrogens is 161 g/mol. The molecule has 1 fully saturated rings. The van der Waals surface area contributed by atoms with Crippen molar-refractivity contribution in [1.82, 2.24) is 4.90 Å². The van der Waals surface area contributed by atoms with Gasteiger partial charge in [0.15, 0.2) is 0 Å². The minimum Gasteiger partial charge on any atom is -0.377 e. The molecule has 12 heavy (non-hydrogen) atoms. The third-order valence-electron chi connectivity index (χ3n) is 2.18. The minimum atomic E-state index is -1.76. The van der Waals surface area contributed by atoms with Crippen LogP contribution in [0.5, 0.6) is 0 Å². The summed E-state index contributed by atoms with van der Waals surface area (Å²) in [6.45, 7) is 2.61. The zero-order valence-electron chi connectivity index (χ0n) is 7.47. The van der Waals surface area contributed by atoms with Gasteiger partial charge in [0.2, 0.25) is 5.67 Å². The molecule has 1 aliphatic heterocycles. The first-order valence-electron chi connectivity index (χ1n) is 4.12. The van der Waals surface area contributed by atoms with Crippen LogP contribution in [0.25, 0.3) is 0 Å². The highest BCUT2D eigenvalue weighted by Crippen LogP contribution is 2.25. The van der Waals surface area contributed by atoms with E-state index in [0.717, 1.165) is 0 Å². The van der Waals surface area contributed by atoms with Crippen LogP contribution in [0.2, 0.25) is 0 Å². The molecule has 0 aromatic carbocycles. The average molecular weight is 175 g/mol. The first-order valence-corrected chi connectivity index (χ1v) is 4.12. The summed E-state index contributed by atoms with van der Waals surface area (Å²) < 4.78 is 18.5. The molecule has 1 amide bonds. The molecule has 0 radical (unpaired) electrons. The molecule has 1 saturated heterocycles. The van der Waals surface area contributed by atoms with Gasteiger partial charge in [0.25, 0.3) is 5.91 Å². The maximum atomic E-state index is 13.6. The lowest BCUT2D eigenvalue weighted by molar-refractivity contribution is -0.142. The normalized spacial score (nSPS) is 28.9. The molecule has 4 heteroatoms. The smallest absolute Gasteiger partial charge is 0.262 e. The van der Waals surface area contributed by atoms with Crippen LogP contribution in [-0.2, 0) is 9.53 Å². The van der Waals surface area contributed by atoms with E-state index in [1.165, 1.54) is 4.90 Å². The second kappa shape index (κ2) is 3.39. The number of halogens is 1. The van der Waals surface area contributed by atoms with Crippen LogP contribution >= 0.6 is 0 Å². The van der Waals surface area contributed by atoms with Gasteiger partial charge in [-0.2, -0.15) is 0 Å². The molecule has 1 heterocycles. The zero-order chi connectivity index (χ0) is 9.19. The molecule has 0 aromatic rings. The fraction of sp³-hybridized carbons (Fsp3) is 0.875. The Labute approximate surface area is 71.5 Å². The zero-order valence-corrected chi connectivity index (χ0v) is 7.47. The predicted molar refractivity (Wildman–Crippen MR) is 42.6 cm³/mol. The Morgan fingerprint density at radius 2 is 2.42 bits per heavy atom. The van der Waals surface area contributed by atoms with Crippen LogP contribution < -0.4 is 0 Å². The Kier molecular flexibility index (Phi) is 2.67. The highest BCUT2D eigenvalue weighted by atomic mass is 19.1. The van der Waals surface area contributed by atoms with Crippen molar-refractivity contribution < 1.29 is 13.9 Å². The van der Waals surface area contributed by atoms with Gasteiger partial charge in [-0.3, -0.25) is 4.79 Å². The van der Waals surface area contributed by atoms with E-state index >= 15 is 0 Å². The van der Waals surface area contributed by atoms with Gasteiger partial charge in [0, 0.05) is 20.0 Å². The third-order valence-corrected chi connectivity index (χ3v) is 2.18. The van der Waals surface area contributed by atoms with Crippen molar-refractivity contribution in [3.63, 3.8) is 0 Å². The largest absolute Gasteiger partial charge is 0.377 e. The Morgan fingerprint density at radius 3 is 2.83 bits per heavy atom. The van der Waals surface area contributed by atoms with Gasteiger partial charge in [0.05, 0.1) is 13.2 Å². The lowest BCUT2D eigenvalue weighted by Crippen LogP contribution is -2.44. The first-order chi connectivity index (χ1) is 5.60. The number of hydrogen-bond acceptors (Lipinski definition) is 2. The minimum absolute atomic E-state index is 0.0871. The Morgan fingerprint density at radius 1 is 1.75 bits per heavy atom. The number of amides is 1. The molecule has 1 aliphatic rings. The SMILES string of the molecule is CCN(C)C(=O)C1(F)CCOC1. The van der Waals surface area contributed by atoms with Crippen molar-refractivity contribution in [3.05, 3.63) is 0 Å². The molecular formula is C8H14FNO2. The van der Waals surface area contributed by atoms with Crippen molar-refractivity contribution in [2.45, 2.75) is 19.0 Å². The van der Waals surface area contributed by atoms with E-state index in [1.807, 2.05) is 6.92 Å². The van der Waals surface area contributed by atoms with E-state index in [1.54, 1.807) is 7.05 Å². The van der Waals surface area contributed by atoms with Gasteiger partial charge >= 0.3 is 0 Å². The van der Waals surface area contributed by atoms with E-state index in [0.29, 0.717) is 13.2 Å². The summed E-state index contributed by atoms with van der Waals surface area (Å²) in [4.78, 5) is 12.8. The van der Waals surface area contributed by atoms with Crippen LogP contribution in [-0.4, -0.2) is 43.3 Å². The second-order valence-corrected chi connectivity index (χ2v) is 3.09. The summed E-state index contributed by atoms with van der Waals surface area (Å²) in [6.07, 6.45) is 0.191. The molecule has 0 aliphatic carbocycles. The van der Waals surface area contributed by atoms with Crippen LogP contribution in [0.15, 0.2) is 0 Å². The van der Waals surface area contributed by atoms with Gasteiger partial charge in [-0.1, -0.05) is 0 Å². The Hall–Kier alpha value is -0.640. The number of ether oxygens (including phenoxy) is 1. The summed E-state index contributed by atoms with van der Waals surface area (Å²) in [7, 11) is 1.60. The number of nitrogens with zero attached hydrogens (tertiary/aromatic N) is 1. The van der Waals surface area contributed by atoms with Crippen molar-refractivity contribution in [3.8, 4) is 0 Å². The topological polar surface area (TPSA) is 29.5 Å². The van der Waals surface area contributed by atoms with Crippen LogP contribution in [0.3, 0.4) is 0 Å². The predicted octanol–water partition coefficient (Wildman–Crippen LogP) is 0.593. The molecule has 0 aromatic heterocycles. The van der Waals surface area contributed by atoms with E-state index in [-0.39, 0.29) is 13.0 Å². The van der Waals surface area contributed by atoms with Crippen LogP contribution in [0.1, 0.15) is 13.3 Å². The maximum absolute atomic E-state index is 13.6. The van der Waals surface area contributed by atoms with E-state index in [2.05, 4.69) is 0 Å². The van der Waals surface area contributed by atoms with Gasteiger partial charge in [-0.15, -0.1) is 0 Å². The number of carbonyl (C=O) groups excluding carboxylic acids is 1. The third kappa shape index (κ3) is 1.58. The molecule has 0 saturated carbocycles. The van der Waals surface area contributed by atoms with Gasteiger partial charge in [0.1, 0.15) is 0 Å². The molecule has 0 spiro atoms. The van der Waals surface area contributed by atoms with Crippen molar-refractivity contribution in [2.24, 2.45) is 0 Å². The fourth-order valence-corrected chi connectivity index (χ4v) is 1.19. The average Bonchev–Trinajstić information content (AvgIpc) is 2.50. The Balaban J connectivity index is 2.61. The molecule has 3 nitrogen and oxygen atoms in total. The van der Waals surface area contributed by atoms with Crippen molar-refractivity contribution >= 4 is 5.91 Å². The molecule has 0 bridgehead atoms. The quantitative estimate of drug-likeness (QED) is 0.615. The summed E-state index contributed by atoms with van der Waals surface area (Å²) in [5.41, 5.74) is -1.76. The van der Waals surface area contributed by atoms with E-state index in [9.17, 15) is 9.18 Å². The van der Waals surface area contributed by atoms with Gasteiger partial charge in [-0.25, -0.2) is 4.39 Å². The lowest BCUT2D eigenvalue weighted by atomic mass is 10.0. The molecule has 70 valence electrons. The molecule has 1 unspecified atom stereocenters. The van der Waals surface area contributed by atoms with Gasteiger partial charge in [-0.05, 0) is 6.92 Å². The van der Waals surface area contributed by atoms with Gasteiger partial charge < -0.3 is 9.64 Å². The highest BCUT2D eigenvalue weighted by Gasteiger charge is 2.43. The highest BCUT2D eigenvalue weighted by molar-refractivity contribution is 5.85. The number of carbonyl (C=O) groups is 1. The standard InChI is InChI=1S/C8H14FNO2/c1-3-10(2)7(11)8(9)4-5-12-6-8/h3-6H2,1-2H3. The summed E-state index contributed by atoms with van der Waals surface area (Å²) in [6, 6.07) is 0. The Bertz CT molecular complexity index is 178. The summed E-state index contributed by atoms with van der Waals surface area (Å²) >= 11 is 0. The number of alkyl halides is 1. The van der Waals surface area contributed by atoms with Crippen molar-refractivity contribution in [2.75, 3.05) is 26.8 Å². The van der Waals surface area contributed by atoms with Crippen molar-refractivity contribution in [1.29, 1.82) is 0 Å². The summed E-state index contributed by atoms with van der Waals surface area (Å²) in [5.74, 6) is -0.456. The monoisotopic (exact) mass is 175 g/mol. The first kappa shape index (κ1) is 9.45. The fourth-order valence-electron chi connectivity index (χ4n) is 1.19. The molecule has 0 N–H and O–H groups in total. The van der Waals surface area contributed by atoms with E-state index < -0.39 is 11.6 Å². The van der Waals surface area contributed by atoms with E-state index in [4.69, 9.17) is 4.74 Å². The molecule has 1 atom stereocenters. The maximum Gasteiger partial charge on any atom is 0.262 e. The number of hydrogen-bond donors (Lipinski definition) is 0. The van der Waals surface area contributed by atoms with Crippen LogP contribution in [0.4, 0.5) is 4.39 Å². The van der Waals surface area contributed by atoms with Crippen LogP contribution in [0, 0.1) is 0 Å². The second-order valence-electron chi connectivity index (χ2n) is 3.09. The molecule has 1 rings (SSSR count). The number of rotatable bonds is 2.